The second kappa shape index (κ2) is 7.75. The second-order valence-corrected chi connectivity index (χ2v) is 7.65. The number of fused-ring (bicyclic) bond motifs is 1. The molecule has 142 valence electrons. The average molecular weight is 385 g/mol. The lowest BCUT2D eigenvalue weighted by molar-refractivity contribution is 0.0394. The lowest BCUT2D eigenvalue weighted by Crippen LogP contribution is -2.37. The summed E-state index contributed by atoms with van der Waals surface area (Å²) in [6.45, 7) is 8.83. The summed E-state index contributed by atoms with van der Waals surface area (Å²) in [7, 11) is 0. The van der Waals surface area contributed by atoms with Crippen LogP contribution in [0.25, 0.3) is 15.3 Å². The molecule has 27 heavy (non-hydrogen) atoms. The third-order valence-corrected chi connectivity index (χ3v) is 5.80. The van der Waals surface area contributed by atoms with E-state index in [2.05, 4.69) is 20.0 Å². The van der Waals surface area contributed by atoms with Crippen LogP contribution in [0.15, 0.2) is 34.1 Å². The number of thiazole rings is 1. The van der Waals surface area contributed by atoms with Crippen molar-refractivity contribution in [1.82, 2.24) is 19.7 Å². The largest absolute Gasteiger partial charge is 0.379 e. The van der Waals surface area contributed by atoms with Gasteiger partial charge in [-0.1, -0.05) is 23.5 Å². The summed E-state index contributed by atoms with van der Waals surface area (Å²) in [5.74, 6) is 0. The van der Waals surface area contributed by atoms with Gasteiger partial charge in [-0.25, -0.2) is 4.98 Å². The van der Waals surface area contributed by atoms with Crippen molar-refractivity contribution in [2.75, 3.05) is 39.4 Å². The number of aryl methyl sites for hydroxylation is 1. The van der Waals surface area contributed by atoms with E-state index in [4.69, 9.17) is 4.74 Å². The quantitative estimate of drug-likeness (QED) is 0.684. The summed E-state index contributed by atoms with van der Waals surface area (Å²) >= 11 is 1.50. The molecule has 0 radical (unpaired) electrons. The lowest BCUT2D eigenvalue weighted by Gasteiger charge is -2.25. The van der Waals surface area contributed by atoms with Gasteiger partial charge >= 0.3 is 0 Å². The number of morpholine rings is 1. The van der Waals surface area contributed by atoms with E-state index in [9.17, 15) is 4.79 Å². The molecule has 0 unspecified atom stereocenters. The normalized spacial score (nSPS) is 16.3. The third kappa shape index (κ3) is 3.73. The van der Waals surface area contributed by atoms with E-state index in [0.717, 1.165) is 54.5 Å². The van der Waals surface area contributed by atoms with Gasteiger partial charge in [0.25, 0.3) is 5.56 Å². The first-order chi connectivity index (χ1) is 13.1. The highest BCUT2D eigenvalue weighted by Gasteiger charge is 2.17. The number of nitrogens with zero attached hydrogens (tertiary/aromatic N) is 4. The van der Waals surface area contributed by atoms with Crippen LogP contribution in [0.4, 0.5) is 0 Å². The van der Waals surface area contributed by atoms with Crippen molar-refractivity contribution in [3.05, 3.63) is 45.9 Å². The van der Waals surface area contributed by atoms with Crippen LogP contribution in [0.3, 0.4) is 0 Å². The number of ether oxygens (including phenoxy) is 1. The van der Waals surface area contributed by atoms with Gasteiger partial charge in [0.15, 0.2) is 0 Å². The van der Waals surface area contributed by atoms with Gasteiger partial charge in [-0.15, -0.1) is 0 Å². The number of H-pyrrole nitrogens is 1. The molecule has 2 aromatic heterocycles. The fourth-order valence-electron chi connectivity index (χ4n) is 3.33. The molecule has 1 aromatic carbocycles. The Balaban J connectivity index is 1.56. The molecule has 8 heteroatoms. The number of hydrogen-bond donors (Lipinski definition) is 1. The number of aromatic nitrogens is 3. The first-order valence-electron chi connectivity index (χ1n) is 9.12. The van der Waals surface area contributed by atoms with Crippen LogP contribution >= 0.6 is 11.3 Å². The van der Waals surface area contributed by atoms with E-state index in [1.165, 1.54) is 16.0 Å². The predicted molar refractivity (Wildman–Crippen MR) is 109 cm³/mol. The van der Waals surface area contributed by atoms with E-state index in [0.29, 0.717) is 17.2 Å². The zero-order valence-corrected chi connectivity index (χ0v) is 16.4. The summed E-state index contributed by atoms with van der Waals surface area (Å²) < 4.78 is 7.95. The van der Waals surface area contributed by atoms with E-state index >= 15 is 0 Å². The molecular formula is C19H23N5O2S. The van der Waals surface area contributed by atoms with E-state index < -0.39 is 0 Å². The summed E-state index contributed by atoms with van der Waals surface area (Å²) in [6, 6.07) is 7.89. The molecule has 1 N–H and O–H groups in total. The number of nitrogens with one attached hydrogen (secondary N) is 1. The van der Waals surface area contributed by atoms with Gasteiger partial charge < -0.3 is 4.74 Å². The molecule has 0 atom stereocenters. The number of hydrogen-bond acceptors (Lipinski definition) is 6. The highest BCUT2D eigenvalue weighted by Crippen LogP contribution is 2.23. The Morgan fingerprint density at radius 2 is 2.11 bits per heavy atom. The molecule has 0 amide bonds. The summed E-state index contributed by atoms with van der Waals surface area (Å²) in [4.78, 5) is 24.5. The molecule has 0 aliphatic carbocycles. The highest BCUT2D eigenvalue weighted by atomic mass is 32.1. The zero-order chi connectivity index (χ0) is 18.8. The molecule has 7 nitrogen and oxygen atoms in total. The van der Waals surface area contributed by atoms with E-state index in [1.54, 1.807) is 0 Å². The van der Waals surface area contributed by atoms with Crippen molar-refractivity contribution in [1.29, 1.82) is 0 Å². The van der Waals surface area contributed by atoms with Crippen molar-refractivity contribution in [2.45, 2.75) is 13.8 Å². The molecule has 3 heterocycles. The molecule has 0 bridgehead atoms. The molecule has 1 saturated heterocycles. The fraction of sp³-hybridized carbons (Fsp3) is 0.421. The Morgan fingerprint density at radius 3 is 2.89 bits per heavy atom. The summed E-state index contributed by atoms with van der Waals surface area (Å²) in [5.41, 5.74) is 3.01. The molecular weight excluding hydrogens is 362 g/mol. The molecule has 4 rings (SSSR count). The van der Waals surface area contributed by atoms with Gasteiger partial charge in [0.05, 0.1) is 35.5 Å². The monoisotopic (exact) mass is 385 g/mol. The zero-order valence-electron chi connectivity index (χ0n) is 15.6. The van der Waals surface area contributed by atoms with Crippen molar-refractivity contribution >= 4 is 27.3 Å². The van der Waals surface area contributed by atoms with Gasteiger partial charge in [-0.2, -0.15) is 4.68 Å². The Bertz CT molecular complexity index is 993. The van der Waals surface area contributed by atoms with Gasteiger partial charge in [0.1, 0.15) is 0 Å². The SMILES string of the molecule is CC(=NCCN1CCOCC1)c1c(C)[nH]n(-c2nc3ccccc3s2)c1=O. The van der Waals surface area contributed by atoms with E-state index in [1.807, 2.05) is 38.1 Å². The van der Waals surface area contributed by atoms with Crippen LogP contribution in [-0.4, -0.2) is 64.8 Å². The molecule has 1 aliphatic rings. The Hall–Kier alpha value is -2.29. The first-order valence-corrected chi connectivity index (χ1v) is 9.94. The van der Waals surface area contributed by atoms with Crippen LogP contribution in [0.1, 0.15) is 18.2 Å². The first kappa shape index (κ1) is 18.1. The Labute approximate surface area is 161 Å². The minimum atomic E-state index is -0.0980. The number of rotatable bonds is 5. The van der Waals surface area contributed by atoms with Crippen LogP contribution < -0.4 is 5.56 Å². The molecule has 3 aromatic rings. The Kier molecular flexibility index (Phi) is 5.20. The van der Waals surface area contributed by atoms with Crippen LogP contribution in [-0.2, 0) is 4.74 Å². The maximum atomic E-state index is 13.0. The average Bonchev–Trinajstić information content (AvgIpc) is 3.23. The van der Waals surface area contributed by atoms with Crippen molar-refractivity contribution < 1.29 is 4.74 Å². The maximum Gasteiger partial charge on any atom is 0.282 e. The van der Waals surface area contributed by atoms with Gasteiger partial charge in [0.2, 0.25) is 5.13 Å². The Morgan fingerprint density at radius 1 is 1.33 bits per heavy atom. The van der Waals surface area contributed by atoms with Gasteiger partial charge in [0, 0.05) is 31.0 Å². The molecule has 1 fully saturated rings. The molecule has 0 spiro atoms. The fourth-order valence-corrected chi connectivity index (χ4v) is 4.25. The van der Waals surface area contributed by atoms with Gasteiger partial charge in [-0.3, -0.25) is 19.8 Å². The van der Waals surface area contributed by atoms with Crippen LogP contribution in [0.2, 0.25) is 0 Å². The number of aromatic amines is 1. The number of para-hydroxylation sites is 1. The smallest absolute Gasteiger partial charge is 0.282 e. The standard InChI is InChI=1S/C19H23N5O2S/c1-13(20-7-8-23-9-11-26-12-10-23)17-14(2)22-24(18(17)25)19-21-15-5-3-4-6-16(15)27-19/h3-6,22H,7-12H2,1-2H3. The van der Waals surface area contributed by atoms with Crippen molar-refractivity contribution in [2.24, 2.45) is 4.99 Å². The minimum absolute atomic E-state index is 0.0980. The summed E-state index contributed by atoms with van der Waals surface area (Å²) in [6.07, 6.45) is 0. The number of aliphatic imine (C=N–C) groups is 1. The van der Waals surface area contributed by atoms with Crippen molar-refractivity contribution in [3.8, 4) is 5.13 Å². The topological polar surface area (TPSA) is 75.5 Å². The van der Waals surface area contributed by atoms with E-state index in [-0.39, 0.29) is 5.56 Å². The highest BCUT2D eigenvalue weighted by molar-refractivity contribution is 7.20. The predicted octanol–water partition coefficient (Wildman–Crippen LogP) is 2.22. The third-order valence-electron chi connectivity index (χ3n) is 4.78. The van der Waals surface area contributed by atoms with Crippen LogP contribution in [0, 0.1) is 6.92 Å². The van der Waals surface area contributed by atoms with Gasteiger partial charge in [-0.05, 0) is 26.0 Å². The maximum absolute atomic E-state index is 13.0. The molecule has 0 saturated carbocycles. The van der Waals surface area contributed by atoms with Crippen molar-refractivity contribution in [3.63, 3.8) is 0 Å². The van der Waals surface area contributed by atoms with Crippen LogP contribution in [0.5, 0.6) is 0 Å². The lowest BCUT2D eigenvalue weighted by atomic mass is 10.2. The minimum Gasteiger partial charge on any atom is -0.379 e. The number of benzene rings is 1. The summed E-state index contributed by atoms with van der Waals surface area (Å²) in [5, 5.41) is 3.80. The second-order valence-electron chi connectivity index (χ2n) is 6.64. The molecule has 1 aliphatic heterocycles.